The van der Waals surface area contributed by atoms with Crippen molar-refractivity contribution in [1.82, 2.24) is 9.80 Å². The molecule has 0 fully saturated rings. The average Bonchev–Trinajstić information content (AvgIpc) is 2.20. The predicted octanol–water partition coefficient (Wildman–Crippen LogP) is 2.76. The molecule has 2 heteroatoms. The molecule has 2 nitrogen and oxygen atoms in total. The van der Waals surface area contributed by atoms with Gasteiger partial charge in [0.1, 0.15) is 0 Å². The largest absolute Gasteiger partial charge is 0.305 e. The Morgan fingerprint density at radius 1 is 0.882 bits per heavy atom. The van der Waals surface area contributed by atoms with Crippen molar-refractivity contribution in [1.29, 1.82) is 0 Å². The molecule has 17 heavy (non-hydrogen) atoms. The smallest absolute Gasteiger partial charge is 0.0230 e. The summed E-state index contributed by atoms with van der Waals surface area (Å²) in [7, 11) is 8.50. The normalized spacial score (nSPS) is 11.5. The van der Waals surface area contributed by atoms with E-state index in [0.29, 0.717) is 0 Å². The van der Waals surface area contributed by atoms with Crippen LogP contribution in [0.2, 0.25) is 0 Å². The molecule has 0 amide bonds. The lowest BCUT2D eigenvalue weighted by Crippen LogP contribution is -2.14. The molecule has 0 bridgehead atoms. The first-order chi connectivity index (χ1) is 8.02. The van der Waals surface area contributed by atoms with Gasteiger partial charge in [-0.25, -0.2) is 0 Å². The van der Waals surface area contributed by atoms with Gasteiger partial charge >= 0.3 is 0 Å². The Morgan fingerprint density at radius 3 is 2.06 bits per heavy atom. The van der Waals surface area contributed by atoms with Gasteiger partial charge in [-0.05, 0) is 51.3 Å². The molecule has 0 aromatic heterocycles. The molecular formula is C15H26N2. The second-order valence-electron chi connectivity index (χ2n) is 5.33. The third-order valence-corrected chi connectivity index (χ3v) is 2.78. The summed E-state index contributed by atoms with van der Waals surface area (Å²) in [6, 6.07) is 6.94. The number of nitrogens with zero attached hydrogens (tertiary/aromatic N) is 2. The topological polar surface area (TPSA) is 6.48 Å². The molecule has 0 aliphatic carbocycles. The van der Waals surface area contributed by atoms with Crippen LogP contribution >= 0.6 is 0 Å². The molecule has 0 spiro atoms. The number of hydrogen-bond acceptors (Lipinski definition) is 2. The molecule has 0 heterocycles. The van der Waals surface area contributed by atoms with Crippen molar-refractivity contribution in [3.8, 4) is 0 Å². The van der Waals surface area contributed by atoms with Crippen molar-refractivity contribution in [2.75, 3.05) is 28.2 Å². The molecule has 0 saturated heterocycles. The van der Waals surface area contributed by atoms with Crippen LogP contribution < -0.4 is 0 Å². The van der Waals surface area contributed by atoms with E-state index in [4.69, 9.17) is 0 Å². The minimum Gasteiger partial charge on any atom is -0.305 e. The van der Waals surface area contributed by atoms with E-state index in [0.717, 1.165) is 13.1 Å². The molecular weight excluding hydrogens is 208 g/mol. The van der Waals surface area contributed by atoms with Crippen molar-refractivity contribution < 1.29 is 0 Å². The maximum absolute atomic E-state index is 2.37. The van der Waals surface area contributed by atoms with Crippen LogP contribution in [0.15, 0.2) is 18.2 Å². The average molecular weight is 234 g/mol. The third kappa shape index (κ3) is 4.88. The van der Waals surface area contributed by atoms with Crippen LogP contribution in [0.1, 0.15) is 30.0 Å². The lowest BCUT2D eigenvalue weighted by molar-refractivity contribution is 0.394. The summed E-state index contributed by atoms with van der Waals surface area (Å²) in [6.07, 6.45) is 2.40. The summed E-state index contributed by atoms with van der Waals surface area (Å²) in [5, 5.41) is 0. The van der Waals surface area contributed by atoms with Gasteiger partial charge in [-0.2, -0.15) is 0 Å². The van der Waals surface area contributed by atoms with Crippen LogP contribution in [-0.4, -0.2) is 38.0 Å². The van der Waals surface area contributed by atoms with Gasteiger partial charge in [-0.3, -0.25) is 0 Å². The Labute approximate surface area is 106 Å². The molecule has 1 aromatic rings. The van der Waals surface area contributed by atoms with Gasteiger partial charge in [0.2, 0.25) is 0 Å². The highest BCUT2D eigenvalue weighted by atomic mass is 15.1. The first kappa shape index (κ1) is 14.2. The summed E-state index contributed by atoms with van der Waals surface area (Å²) in [6.45, 7) is 4.30. The minimum absolute atomic E-state index is 1.02. The molecule has 1 rings (SSSR count). The van der Waals surface area contributed by atoms with Crippen molar-refractivity contribution in [2.24, 2.45) is 0 Å². The Bertz CT molecular complexity index is 343. The highest BCUT2D eigenvalue weighted by Gasteiger charge is 2.05. The van der Waals surface area contributed by atoms with E-state index in [9.17, 15) is 0 Å². The quantitative estimate of drug-likeness (QED) is 0.747. The zero-order chi connectivity index (χ0) is 12.8. The lowest BCUT2D eigenvalue weighted by atomic mass is 10.00. The minimum atomic E-state index is 1.02. The standard InChI is InChI=1S/C15H26N2/c1-6-7-14-9-8-13(11-16(2)3)10-15(14)12-17(4)5/h8-10H,6-7,11-12H2,1-5H3. The van der Waals surface area contributed by atoms with Crippen LogP contribution in [0.4, 0.5) is 0 Å². The van der Waals surface area contributed by atoms with Crippen LogP contribution in [0.25, 0.3) is 0 Å². The van der Waals surface area contributed by atoms with Crippen molar-refractivity contribution in [3.63, 3.8) is 0 Å². The van der Waals surface area contributed by atoms with E-state index in [1.165, 1.54) is 29.5 Å². The SMILES string of the molecule is CCCc1ccc(CN(C)C)cc1CN(C)C. The summed E-state index contributed by atoms with van der Waals surface area (Å²) in [4.78, 5) is 4.46. The zero-order valence-electron chi connectivity index (χ0n) is 12.0. The Balaban J connectivity index is 2.92. The fourth-order valence-electron chi connectivity index (χ4n) is 2.14. The number of aryl methyl sites for hydroxylation is 1. The van der Waals surface area contributed by atoms with E-state index >= 15 is 0 Å². The van der Waals surface area contributed by atoms with Gasteiger partial charge in [0.25, 0.3) is 0 Å². The third-order valence-electron chi connectivity index (χ3n) is 2.78. The monoisotopic (exact) mass is 234 g/mol. The second kappa shape index (κ2) is 6.77. The Morgan fingerprint density at radius 2 is 1.53 bits per heavy atom. The van der Waals surface area contributed by atoms with Crippen molar-refractivity contribution >= 4 is 0 Å². The van der Waals surface area contributed by atoms with Crippen LogP contribution in [0.5, 0.6) is 0 Å². The maximum Gasteiger partial charge on any atom is 0.0230 e. The summed E-state index contributed by atoms with van der Waals surface area (Å²) < 4.78 is 0. The molecule has 0 aliphatic rings. The summed E-state index contributed by atoms with van der Waals surface area (Å²) in [5.41, 5.74) is 4.40. The first-order valence-electron chi connectivity index (χ1n) is 6.43. The van der Waals surface area contributed by atoms with Gasteiger partial charge in [0.15, 0.2) is 0 Å². The zero-order valence-corrected chi connectivity index (χ0v) is 12.0. The summed E-state index contributed by atoms with van der Waals surface area (Å²) >= 11 is 0. The van der Waals surface area contributed by atoms with Crippen molar-refractivity contribution in [2.45, 2.75) is 32.9 Å². The second-order valence-corrected chi connectivity index (χ2v) is 5.33. The summed E-state index contributed by atoms with van der Waals surface area (Å²) in [5.74, 6) is 0. The molecule has 0 atom stereocenters. The fraction of sp³-hybridized carbons (Fsp3) is 0.600. The predicted molar refractivity (Wildman–Crippen MR) is 75.2 cm³/mol. The number of rotatable bonds is 6. The molecule has 0 N–H and O–H groups in total. The van der Waals surface area contributed by atoms with Gasteiger partial charge in [0.05, 0.1) is 0 Å². The van der Waals surface area contributed by atoms with E-state index in [2.05, 4.69) is 63.1 Å². The van der Waals surface area contributed by atoms with Crippen molar-refractivity contribution in [3.05, 3.63) is 34.9 Å². The maximum atomic E-state index is 2.37. The van der Waals surface area contributed by atoms with Crippen LogP contribution in [0, 0.1) is 0 Å². The highest BCUT2D eigenvalue weighted by Crippen LogP contribution is 2.16. The van der Waals surface area contributed by atoms with E-state index in [1.807, 2.05) is 0 Å². The number of benzene rings is 1. The Kier molecular flexibility index (Phi) is 5.66. The van der Waals surface area contributed by atoms with Gasteiger partial charge < -0.3 is 9.80 Å². The van der Waals surface area contributed by atoms with Crippen LogP contribution in [-0.2, 0) is 19.5 Å². The van der Waals surface area contributed by atoms with Gasteiger partial charge in [-0.15, -0.1) is 0 Å². The molecule has 0 aliphatic heterocycles. The van der Waals surface area contributed by atoms with E-state index in [1.54, 1.807) is 0 Å². The van der Waals surface area contributed by atoms with Gasteiger partial charge in [-0.1, -0.05) is 31.5 Å². The van der Waals surface area contributed by atoms with E-state index in [-0.39, 0.29) is 0 Å². The van der Waals surface area contributed by atoms with Crippen LogP contribution in [0.3, 0.4) is 0 Å². The van der Waals surface area contributed by atoms with E-state index < -0.39 is 0 Å². The fourth-order valence-corrected chi connectivity index (χ4v) is 2.14. The molecule has 0 saturated carbocycles. The van der Waals surface area contributed by atoms with Gasteiger partial charge in [0, 0.05) is 13.1 Å². The molecule has 0 unspecified atom stereocenters. The lowest BCUT2D eigenvalue weighted by Gasteiger charge is -2.17. The number of hydrogen-bond donors (Lipinski definition) is 0. The molecule has 96 valence electrons. The highest BCUT2D eigenvalue weighted by molar-refractivity contribution is 5.32. The molecule has 0 radical (unpaired) electrons. The Hall–Kier alpha value is -0.860. The molecule has 1 aromatic carbocycles. The first-order valence-corrected chi connectivity index (χ1v) is 6.43.